The first-order valence-corrected chi connectivity index (χ1v) is 7.28. The van der Waals surface area contributed by atoms with Crippen molar-refractivity contribution in [3.63, 3.8) is 0 Å². The topological polar surface area (TPSA) is 50.5 Å². The lowest BCUT2D eigenvalue weighted by Gasteiger charge is -2.21. The van der Waals surface area contributed by atoms with Gasteiger partial charge in [-0.1, -0.05) is 12.8 Å². The molecule has 1 aliphatic heterocycles. The predicted octanol–water partition coefficient (Wildman–Crippen LogP) is 2.36. The zero-order valence-electron chi connectivity index (χ0n) is 12.1. The van der Waals surface area contributed by atoms with Gasteiger partial charge in [-0.3, -0.25) is 4.79 Å². The number of likely N-dealkylation sites (tertiary alicyclic amines) is 1. The Balaban J connectivity index is 1.96. The summed E-state index contributed by atoms with van der Waals surface area (Å²) in [6, 6.07) is 1.92. The van der Waals surface area contributed by atoms with Gasteiger partial charge in [0.2, 0.25) is 0 Å². The molecule has 0 N–H and O–H groups in total. The summed E-state index contributed by atoms with van der Waals surface area (Å²) in [6.45, 7) is 5.58. The summed E-state index contributed by atoms with van der Waals surface area (Å²) < 4.78 is 1.76. The van der Waals surface area contributed by atoms with E-state index in [1.54, 1.807) is 10.7 Å². The van der Waals surface area contributed by atoms with Crippen molar-refractivity contribution in [3.05, 3.63) is 29.2 Å². The number of amides is 1. The number of rotatable bonds is 1. The van der Waals surface area contributed by atoms with Crippen LogP contribution in [0.3, 0.4) is 0 Å². The second-order valence-electron chi connectivity index (χ2n) is 5.52. The van der Waals surface area contributed by atoms with Gasteiger partial charge in [0.1, 0.15) is 0 Å². The van der Waals surface area contributed by atoms with E-state index in [1.807, 2.05) is 24.8 Å². The van der Waals surface area contributed by atoms with Gasteiger partial charge in [0.15, 0.2) is 5.65 Å². The van der Waals surface area contributed by atoms with E-state index in [2.05, 4.69) is 10.1 Å². The number of aromatic nitrogens is 3. The molecule has 0 aromatic carbocycles. The van der Waals surface area contributed by atoms with Crippen LogP contribution in [0.25, 0.3) is 5.65 Å². The molecule has 1 fully saturated rings. The Labute approximate surface area is 118 Å². The molecule has 1 saturated heterocycles. The largest absolute Gasteiger partial charge is 0.339 e. The Morgan fingerprint density at radius 3 is 2.55 bits per heavy atom. The Hall–Kier alpha value is -1.91. The predicted molar refractivity (Wildman–Crippen MR) is 76.8 cm³/mol. The lowest BCUT2D eigenvalue weighted by molar-refractivity contribution is 0.0759. The highest BCUT2D eigenvalue weighted by molar-refractivity contribution is 5.95. The van der Waals surface area contributed by atoms with E-state index >= 15 is 0 Å². The second kappa shape index (κ2) is 5.23. The van der Waals surface area contributed by atoms with Gasteiger partial charge >= 0.3 is 0 Å². The fourth-order valence-electron chi connectivity index (χ4n) is 2.82. The van der Waals surface area contributed by atoms with Crippen LogP contribution in [-0.4, -0.2) is 38.5 Å². The zero-order chi connectivity index (χ0) is 14.1. The highest BCUT2D eigenvalue weighted by Gasteiger charge is 2.20. The normalized spacial score (nSPS) is 16.4. The van der Waals surface area contributed by atoms with E-state index in [0.29, 0.717) is 5.56 Å². The molecular weight excluding hydrogens is 252 g/mol. The minimum Gasteiger partial charge on any atom is -0.339 e. The molecule has 1 aliphatic rings. The van der Waals surface area contributed by atoms with Crippen LogP contribution in [0.4, 0.5) is 0 Å². The number of nitrogens with zero attached hydrogens (tertiary/aromatic N) is 4. The van der Waals surface area contributed by atoms with Crippen molar-refractivity contribution in [1.82, 2.24) is 19.5 Å². The number of hydrogen-bond acceptors (Lipinski definition) is 3. The van der Waals surface area contributed by atoms with Crippen molar-refractivity contribution in [2.24, 2.45) is 0 Å². The molecule has 0 spiro atoms. The van der Waals surface area contributed by atoms with Crippen LogP contribution in [0.2, 0.25) is 0 Å². The fourth-order valence-corrected chi connectivity index (χ4v) is 2.82. The summed E-state index contributed by atoms with van der Waals surface area (Å²) in [5.74, 6) is 0.0898. The van der Waals surface area contributed by atoms with Crippen LogP contribution in [0, 0.1) is 13.8 Å². The van der Waals surface area contributed by atoms with Gasteiger partial charge < -0.3 is 4.90 Å². The van der Waals surface area contributed by atoms with Crippen LogP contribution in [0.15, 0.2) is 12.3 Å². The molecule has 0 aliphatic carbocycles. The highest BCUT2D eigenvalue weighted by atomic mass is 16.2. The molecule has 2 aromatic heterocycles. The minimum atomic E-state index is 0.0898. The highest BCUT2D eigenvalue weighted by Crippen LogP contribution is 2.16. The van der Waals surface area contributed by atoms with Crippen molar-refractivity contribution in [1.29, 1.82) is 0 Å². The third kappa shape index (κ3) is 2.28. The second-order valence-corrected chi connectivity index (χ2v) is 5.52. The smallest absolute Gasteiger partial charge is 0.257 e. The van der Waals surface area contributed by atoms with Gasteiger partial charge in [0, 0.05) is 25.4 Å². The van der Waals surface area contributed by atoms with Gasteiger partial charge in [-0.25, -0.2) is 9.50 Å². The van der Waals surface area contributed by atoms with E-state index in [0.717, 1.165) is 43.0 Å². The molecule has 3 rings (SSSR count). The maximum Gasteiger partial charge on any atom is 0.257 e. The summed E-state index contributed by atoms with van der Waals surface area (Å²) in [5, 5.41) is 4.40. The van der Waals surface area contributed by atoms with Crippen molar-refractivity contribution in [2.75, 3.05) is 13.1 Å². The molecule has 5 nitrogen and oxygen atoms in total. The van der Waals surface area contributed by atoms with Crippen LogP contribution in [0.5, 0.6) is 0 Å². The molecule has 0 unspecified atom stereocenters. The average molecular weight is 272 g/mol. The Morgan fingerprint density at radius 1 is 1.15 bits per heavy atom. The molecule has 5 heteroatoms. The Morgan fingerprint density at radius 2 is 1.85 bits per heavy atom. The molecule has 106 valence electrons. The van der Waals surface area contributed by atoms with E-state index in [4.69, 9.17) is 0 Å². The minimum absolute atomic E-state index is 0.0898. The maximum atomic E-state index is 12.7. The number of carbonyl (C=O) groups is 1. The van der Waals surface area contributed by atoms with Crippen molar-refractivity contribution in [2.45, 2.75) is 39.5 Å². The molecule has 1 amide bonds. The van der Waals surface area contributed by atoms with Crippen LogP contribution in [0.1, 0.15) is 47.4 Å². The standard InChI is InChI=1S/C15H20N4O/c1-11-9-14-16-10-13(12(2)19(14)17-11)15(20)18-7-5-3-4-6-8-18/h9-10H,3-8H2,1-2H3. The number of hydrogen-bond donors (Lipinski definition) is 0. The summed E-state index contributed by atoms with van der Waals surface area (Å²) in [5.41, 5.74) is 3.26. The van der Waals surface area contributed by atoms with Gasteiger partial charge in [0.05, 0.1) is 17.0 Å². The summed E-state index contributed by atoms with van der Waals surface area (Å²) >= 11 is 0. The first-order valence-electron chi connectivity index (χ1n) is 7.28. The monoisotopic (exact) mass is 272 g/mol. The molecule has 0 atom stereocenters. The molecular formula is C15H20N4O. The summed E-state index contributed by atoms with van der Waals surface area (Å²) in [7, 11) is 0. The van der Waals surface area contributed by atoms with Crippen LogP contribution >= 0.6 is 0 Å². The Kier molecular flexibility index (Phi) is 3.42. The van der Waals surface area contributed by atoms with Gasteiger partial charge in [-0.05, 0) is 26.7 Å². The van der Waals surface area contributed by atoms with Gasteiger partial charge in [0.25, 0.3) is 5.91 Å². The molecule has 0 bridgehead atoms. The van der Waals surface area contributed by atoms with Crippen LogP contribution in [-0.2, 0) is 0 Å². The van der Waals surface area contributed by atoms with E-state index < -0.39 is 0 Å². The molecule has 0 radical (unpaired) electrons. The van der Waals surface area contributed by atoms with E-state index in [1.165, 1.54) is 12.8 Å². The number of fused-ring (bicyclic) bond motifs is 1. The van der Waals surface area contributed by atoms with Crippen LogP contribution < -0.4 is 0 Å². The fraction of sp³-hybridized carbons (Fsp3) is 0.533. The SMILES string of the molecule is Cc1cc2ncc(C(=O)N3CCCCCC3)c(C)n2n1. The van der Waals surface area contributed by atoms with E-state index in [-0.39, 0.29) is 5.91 Å². The van der Waals surface area contributed by atoms with Crippen molar-refractivity contribution < 1.29 is 4.79 Å². The van der Waals surface area contributed by atoms with Gasteiger partial charge in [-0.2, -0.15) is 5.10 Å². The summed E-state index contributed by atoms with van der Waals surface area (Å²) in [4.78, 5) is 19.0. The zero-order valence-corrected chi connectivity index (χ0v) is 12.1. The average Bonchev–Trinajstić information content (AvgIpc) is 2.64. The number of aryl methyl sites for hydroxylation is 2. The maximum absolute atomic E-state index is 12.7. The quantitative estimate of drug-likeness (QED) is 0.800. The lowest BCUT2D eigenvalue weighted by Crippen LogP contribution is -2.32. The molecule has 3 heterocycles. The summed E-state index contributed by atoms with van der Waals surface area (Å²) in [6.07, 6.45) is 6.33. The van der Waals surface area contributed by atoms with Crippen molar-refractivity contribution in [3.8, 4) is 0 Å². The number of carbonyl (C=O) groups excluding carboxylic acids is 1. The first-order chi connectivity index (χ1) is 9.66. The van der Waals surface area contributed by atoms with Gasteiger partial charge in [-0.15, -0.1) is 0 Å². The molecule has 20 heavy (non-hydrogen) atoms. The van der Waals surface area contributed by atoms with Crippen molar-refractivity contribution >= 4 is 11.6 Å². The molecule has 2 aromatic rings. The molecule has 0 saturated carbocycles. The first kappa shape index (κ1) is 13.1. The van der Waals surface area contributed by atoms with E-state index in [9.17, 15) is 4.79 Å². The third-order valence-electron chi connectivity index (χ3n) is 3.97. The third-order valence-corrected chi connectivity index (χ3v) is 3.97. The lowest BCUT2D eigenvalue weighted by atomic mass is 10.2. The Bertz CT molecular complexity index is 639.